The number of hydrogen-bond donors (Lipinski definition) is 1. The van der Waals surface area contributed by atoms with Crippen LogP contribution in [0.15, 0.2) is 42.5 Å². The summed E-state index contributed by atoms with van der Waals surface area (Å²) in [7, 11) is 1.64. The van der Waals surface area contributed by atoms with E-state index in [9.17, 15) is 4.39 Å². The molecule has 19 heavy (non-hydrogen) atoms. The van der Waals surface area contributed by atoms with Crippen LogP contribution < -0.4 is 10.5 Å². The van der Waals surface area contributed by atoms with E-state index in [1.807, 2.05) is 31.2 Å². The molecule has 2 aromatic carbocycles. The molecule has 0 bridgehead atoms. The number of halogens is 1. The van der Waals surface area contributed by atoms with Gasteiger partial charge in [-0.25, -0.2) is 4.39 Å². The standard InChI is InChI=1S/C16H18FNO/c1-11-8-14(19-2)6-7-15(11)16(18)10-12-4-3-5-13(17)9-12/h3-9,16H,10,18H2,1-2H3. The summed E-state index contributed by atoms with van der Waals surface area (Å²) < 4.78 is 18.3. The van der Waals surface area contributed by atoms with Crippen molar-refractivity contribution in [3.63, 3.8) is 0 Å². The van der Waals surface area contributed by atoms with Crippen LogP contribution in [0.25, 0.3) is 0 Å². The first-order valence-corrected chi connectivity index (χ1v) is 6.24. The molecule has 0 aliphatic heterocycles. The van der Waals surface area contributed by atoms with Gasteiger partial charge in [-0.2, -0.15) is 0 Å². The van der Waals surface area contributed by atoms with Gasteiger partial charge in [0.05, 0.1) is 7.11 Å². The van der Waals surface area contributed by atoms with Crippen molar-refractivity contribution in [1.82, 2.24) is 0 Å². The van der Waals surface area contributed by atoms with Crippen LogP contribution in [0.5, 0.6) is 5.75 Å². The molecule has 0 radical (unpaired) electrons. The van der Waals surface area contributed by atoms with Gasteiger partial charge in [-0.05, 0) is 54.3 Å². The maximum absolute atomic E-state index is 13.1. The summed E-state index contributed by atoms with van der Waals surface area (Å²) >= 11 is 0. The summed E-state index contributed by atoms with van der Waals surface area (Å²) in [6.07, 6.45) is 0.616. The number of rotatable bonds is 4. The van der Waals surface area contributed by atoms with E-state index in [1.54, 1.807) is 13.2 Å². The van der Waals surface area contributed by atoms with E-state index in [1.165, 1.54) is 12.1 Å². The molecule has 0 aliphatic carbocycles. The summed E-state index contributed by atoms with van der Waals surface area (Å²) in [6.45, 7) is 2.00. The third-order valence-corrected chi connectivity index (χ3v) is 3.22. The molecule has 0 spiro atoms. The van der Waals surface area contributed by atoms with Gasteiger partial charge in [0, 0.05) is 6.04 Å². The SMILES string of the molecule is COc1ccc(C(N)Cc2cccc(F)c2)c(C)c1. The van der Waals surface area contributed by atoms with Crippen molar-refractivity contribution in [3.8, 4) is 5.75 Å². The number of methoxy groups -OCH3 is 1. The smallest absolute Gasteiger partial charge is 0.123 e. The number of hydrogen-bond acceptors (Lipinski definition) is 2. The molecule has 2 aromatic rings. The molecule has 3 heteroatoms. The minimum atomic E-state index is -0.226. The highest BCUT2D eigenvalue weighted by Crippen LogP contribution is 2.23. The zero-order valence-corrected chi connectivity index (χ0v) is 11.2. The topological polar surface area (TPSA) is 35.2 Å². The maximum Gasteiger partial charge on any atom is 0.123 e. The molecule has 0 aromatic heterocycles. The molecule has 0 amide bonds. The lowest BCUT2D eigenvalue weighted by Gasteiger charge is -2.15. The highest BCUT2D eigenvalue weighted by molar-refractivity contribution is 5.37. The van der Waals surface area contributed by atoms with Crippen LogP contribution in [0.1, 0.15) is 22.7 Å². The molecule has 0 saturated carbocycles. The Hall–Kier alpha value is -1.87. The molecule has 0 heterocycles. The molecule has 2 N–H and O–H groups in total. The van der Waals surface area contributed by atoms with Crippen LogP contribution in [0.2, 0.25) is 0 Å². The first-order valence-electron chi connectivity index (χ1n) is 6.24. The summed E-state index contributed by atoms with van der Waals surface area (Å²) in [6, 6.07) is 12.2. The molecule has 0 saturated heterocycles. The second kappa shape index (κ2) is 5.85. The first kappa shape index (κ1) is 13.6. The fraction of sp³-hybridized carbons (Fsp3) is 0.250. The lowest BCUT2D eigenvalue weighted by molar-refractivity contribution is 0.414. The van der Waals surface area contributed by atoms with Crippen molar-refractivity contribution in [2.45, 2.75) is 19.4 Å². The molecule has 2 nitrogen and oxygen atoms in total. The Morgan fingerprint density at radius 1 is 1.21 bits per heavy atom. The monoisotopic (exact) mass is 259 g/mol. The Kier molecular flexibility index (Phi) is 4.17. The molecule has 1 unspecified atom stereocenters. The minimum Gasteiger partial charge on any atom is -0.497 e. The van der Waals surface area contributed by atoms with E-state index < -0.39 is 0 Å². The fourth-order valence-electron chi connectivity index (χ4n) is 2.22. The largest absolute Gasteiger partial charge is 0.497 e. The van der Waals surface area contributed by atoms with Crippen LogP contribution >= 0.6 is 0 Å². The lowest BCUT2D eigenvalue weighted by Crippen LogP contribution is -2.14. The van der Waals surface area contributed by atoms with Crippen molar-refractivity contribution in [2.24, 2.45) is 5.73 Å². The zero-order valence-electron chi connectivity index (χ0n) is 11.2. The average Bonchev–Trinajstić information content (AvgIpc) is 2.38. The van der Waals surface area contributed by atoms with Gasteiger partial charge in [-0.1, -0.05) is 18.2 Å². The van der Waals surface area contributed by atoms with Gasteiger partial charge < -0.3 is 10.5 Å². The molecule has 2 rings (SSSR count). The van der Waals surface area contributed by atoms with Gasteiger partial charge in [-0.15, -0.1) is 0 Å². The summed E-state index contributed by atoms with van der Waals surface area (Å²) in [4.78, 5) is 0. The fourth-order valence-corrected chi connectivity index (χ4v) is 2.22. The number of benzene rings is 2. The second-order valence-electron chi connectivity index (χ2n) is 4.66. The van der Waals surface area contributed by atoms with Crippen LogP contribution in [0, 0.1) is 12.7 Å². The Morgan fingerprint density at radius 3 is 2.63 bits per heavy atom. The molecule has 1 atom stereocenters. The van der Waals surface area contributed by atoms with Gasteiger partial charge in [0.15, 0.2) is 0 Å². The number of ether oxygens (including phenoxy) is 1. The molecular weight excluding hydrogens is 241 g/mol. The predicted octanol–water partition coefficient (Wildman–Crippen LogP) is 3.39. The van der Waals surface area contributed by atoms with Crippen molar-refractivity contribution >= 4 is 0 Å². The summed E-state index contributed by atoms with van der Waals surface area (Å²) in [5, 5.41) is 0. The van der Waals surface area contributed by atoms with Crippen molar-refractivity contribution in [3.05, 3.63) is 65.0 Å². The normalized spacial score (nSPS) is 12.2. The molecule has 100 valence electrons. The van der Waals surface area contributed by atoms with Crippen LogP contribution in [0.4, 0.5) is 4.39 Å². The lowest BCUT2D eigenvalue weighted by atomic mass is 9.96. The first-order chi connectivity index (χ1) is 9.10. The number of aryl methyl sites for hydroxylation is 1. The Morgan fingerprint density at radius 2 is 2.00 bits per heavy atom. The van der Waals surface area contributed by atoms with E-state index in [-0.39, 0.29) is 11.9 Å². The maximum atomic E-state index is 13.1. The Bertz CT molecular complexity index is 568. The predicted molar refractivity (Wildman–Crippen MR) is 74.8 cm³/mol. The third-order valence-electron chi connectivity index (χ3n) is 3.22. The van der Waals surface area contributed by atoms with Gasteiger partial charge >= 0.3 is 0 Å². The van der Waals surface area contributed by atoms with E-state index in [4.69, 9.17) is 10.5 Å². The highest BCUT2D eigenvalue weighted by atomic mass is 19.1. The Balaban J connectivity index is 2.18. The third kappa shape index (κ3) is 3.32. The Labute approximate surface area is 113 Å². The van der Waals surface area contributed by atoms with Crippen LogP contribution in [-0.4, -0.2) is 7.11 Å². The van der Waals surface area contributed by atoms with Crippen LogP contribution in [-0.2, 0) is 6.42 Å². The average molecular weight is 259 g/mol. The molecule has 0 aliphatic rings. The molecular formula is C16H18FNO. The van der Waals surface area contributed by atoms with Crippen molar-refractivity contribution in [1.29, 1.82) is 0 Å². The summed E-state index contributed by atoms with van der Waals surface area (Å²) in [5.74, 6) is 0.593. The van der Waals surface area contributed by atoms with Crippen molar-refractivity contribution < 1.29 is 9.13 Å². The second-order valence-corrected chi connectivity index (χ2v) is 4.66. The van der Waals surface area contributed by atoms with Gasteiger partial charge in [0.25, 0.3) is 0 Å². The van der Waals surface area contributed by atoms with E-state index in [0.29, 0.717) is 6.42 Å². The van der Waals surface area contributed by atoms with E-state index in [2.05, 4.69) is 0 Å². The molecule has 0 fully saturated rings. The van der Waals surface area contributed by atoms with Crippen molar-refractivity contribution in [2.75, 3.05) is 7.11 Å². The van der Waals surface area contributed by atoms with Gasteiger partial charge in [0.2, 0.25) is 0 Å². The van der Waals surface area contributed by atoms with E-state index in [0.717, 1.165) is 22.4 Å². The zero-order chi connectivity index (χ0) is 13.8. The van der Waals surface area contributed by atoms with Gasteiger partial charge in [-0.3, -0.25) is 0 Å². The number of nitrogens with two attached hydrogens (primary N) is 1. The quantitative estimate of drug-likeness (QED) is 0.913. The highest BCUT2D eigenvalue weighted by Gasteiger charge is 2.11. The van der Waals surface area contributed by atoms with Gasteiger partial charge in [0.1, 0.15) is 11.6 Å². The van der Waals surface area contributed by atoms with Crippen LogP contribution in [0.3, 0.4) is 0 Å². The van der Waals surface area contributed by atoms with E-state index >= 15 is 0 Å². The summed E-state index contributed by atoms with van der Waals surface area (Å²) in [5.41, 5.74) is 9.26. The minimum absolute atomic E-state index is 0.146.